The Balaban J connectivity index is 1.78. The summed E-state index contributed by atoms with van der Waals surface area (Å²) in [7, 11) is 1.74. The fraction of sp³-hybridized carbons (Fsp3) is 0.533. The zero-order chi connectivity index (χ0) is 14.6. The summed E-state index contributed by atoms with van der Waals surface area (Å²) in [6, 6.07) is 7.84. The van der Waals surface area contributed by atoms with Crippen LogP contribution in [0.1, 0.15) is 12.0 Å². The van der Waals surface area contributed by atoms with Gasteiger partial charge in [-0.1, -0.05) is 17.7 Å². The zero-order valence-electron chi connectivity index (χ0n) is 12.1. The van der Waals surface area contributed by atoms with E-state index in [-0.39, 0.29) is 5.91 Å². The molecule has 110 valence electrons. The number of carbonyl (C=O) groups excluding carboxylic acids is 1. The number of rotatable bonds is 5. The molecular weight excluding hydrogens is 256 g/mol. The molecule has 0 radical (unpaired) electrons. The maximum atomic E-state index is 12.2. The first kappa shape index (κ1) is 14.8. The zero-order valence-corrected chi connectivity index (χ0v) is 12.1. The number of benzene rings is 1. The molecule has 0 spiro atoms. The third kappa shape index (κ3) is 3.49. The van der Waals surface area contributed by atoms with Gasteiger partial charge in [0, 0.05) is 13.7 Å². The highest BCUT2D eigenvalue weighted by Crippen LogP contribution is 2.18. The smallest absolute Gasteiger partial charge is 0.245 e. The first-order valence-electron chi connectivity index (χ1n) is 6.83. The van der Waals surface area contributed by atoms with Crippen molar-refractivity contribution in [2.45, 2.75) is 18.9 Å². The van der Waals surface area contributed by atoms with Gasteiger partial charge in [0.05, 0.1) is 13.2 Å². The van der Waals surface area contributed by atoms with E-state index in [4.69, 9.17) is 15.2 Å². The fourth-order valence-corrected chi connectivity index (χ4v) is 2.17. The highest BCUT2D eigenvalue weighted by Gasteiger charge is 2.39. The number of nitrogens with zero attached hydrogens (tertiary/aromatic N) is 1. The predicted molar refractivity (Wildman–Crippen MR) is 76.7 cm³/mol. The van der Waals surface area contributed by atoms with E-state index in [0.29, 0.717) is 32.8 Å². The Bertz CT molecular complexity index is 453. The summed E-state index contributed by atoms with van der Waals surface area (Å²) in [5.74, 6) is 0.727. The van der Waals surface area contributed by atoms with Crippen molar-refractivity contribution >= 4 is 5.91 Å². The van der Waals surface area contributed by atoms with E-state index in [9.17, 15) is 4.79 Å². The van der Waals surface area contributed by atoms with Gasteiger partial charge in [-0.3, -0.25) is 4.79 Å². The van der Waals surface area contributed by atoms with E-state index in [2.05, 4.69) is 0 Å². The van der Waals surface area contributed by atoms with Crippen LogP contribution in [-0.2, 0) is 9.53 Å². The van der Waals surface area contributed by atoms with Crippen molar-refractivity contribution < 1.29 is 14.3 Å². The number of amides is 1. The van der Waals surface area contributed by atoms with Crippen LogP contribution >= 0.6 is 0 Å². The van der Waals surface area contributed by atoms with Gasteiger partial charge >= 0.3 is 0 Å². The molecule has 1 aliphatic rings. The van der Waals surface area contributed by atoms with Gasteiger partial charge in [0.1, 0.15) is 17.9 Å². The summed E-state index contributed by atoms with van der Waals surface area (Å²) in [4.78, 5) is 13.8. The lowest BCUT2D eigenvalue weighted by Crippen LogP contribution is -2.55. The second-order valence-corrected chi connectivity index (χ2v) is 5.35. The molecule has 0 bridgehead atoms. The van der Waals surface area contributed by atoms with Crippen molar-refractivity contribution in [3.8, 4) is 5.75 Å². The number of nitrogens with two attached hydrogens (primary N) is 1. The van der Waals surface area contributed by atoms with Gasteiger partial charge in [0.15, 0.2) is 0 Å². The minimum atomic E-state index is -0.862. The van der Waals surface area contributed by atoms with Gasteiger partial charge < -0.3 is 20.1 Å². The summed E-state index contributed by atoms with van der Waals surface area (Å²) < 4.78 is 10.8. The molecular formula is C15H22N2O3. The summed E-state index contributed by atoms with van der Waals surface area (Å²) in [6.07, 6.45) is 0.578. The lowest BCUT2D eigenvalue weighted by atomic mass is 9.99. The average molecular weight is 278 g/mol. The number of ether oxygens (including phenoxy) is 2. The standard InChI is InChI=1S/C15H22N2O3/c1-12-3-5-13(6-4-12)20-10-8-17(2)14(18)15(16)7-9-19-11-15/h3-6H,7-11,16H2,1-2H3. The van der Waals surface area contributed by atoms with E-state index >= 15 is 0 Å². The Morgan fingerprint density at radius 3 is 2.75 bits per heavy atom. The Kier molecular flexibility index (Phi) is 4.62. The summed E-state index contributed by atoms with van der Waals surface area (Å²) in [5.41, 5.74) is 6.37. The van der Waals surface area contributed by atoms with Crippen LogP contribution < -0.4 is 10.5 Å². The molecule has 1 aromatic rings. The molecule has 20 heavy (non-hydrogen) atoms. The molecule has 1 aliphatic heterocycles. The Morgan fingerprint density at radius 2 is 2.15 bits per heavy atom. The van der Waals surface area contributed by atoms with Gasteiger partial charge in [-0.15, -0.1) is 0 Å². The second kappa shape index (κ2) is 6.24. The van der Waals surface area contributed by atoms with E-state index in [1.165, 1.54) is 5.56 Å². The van der Waals surface area contributed by atoms with Gasteiger partial charge in [-0.2, -0.15) is 0 Å². The van der Waals surface area contributed by atoms with Crippen molar-refractivity contribution in [1.82, 2.24) is 4.90 Å². The van der Waals surface area contributed by atoms with Gasteiger partial charge in [-0.25, -0.2) is 0 Å². The van der Waals surface area contributed by atoms with Gasteiger partial charge in [-0.05, 0) is 25.5 Å². The number of hydrogen-bond acceptors (Lipinski definition) is 4. The minimum absolute atomic E-state index is 0.0810. The summed E-state index contributed by atoms with van der Waals surface area (Å²) in [5, 5.41) is 0. The minimum Gasteiger partial charge on any atom is -0.492 e. The number of hydrogen-bond donors (Lipinski definition) is 1. The van der Waals surface area contributed by atoms with Crippen molar-refractivity contribution in [2.24, 2.45) is 5.73 Å². The first-order valence-corrected chi connectivity index (χ1v) is 6.83. The molecule has 5 heteroatoms. The molecule has 2 rings (SSSR count). The van der Waals surface area contributed by atoms with E-state index in [1.807, 2.05) is 31.2 Å². The third-order valence-corrected chi connectivity index (χ3v) is 3.54. The number of likely N-dealkylation sites (N-methyl/N-ethyl adjacent to an activating group) is 1. The van der Waals surface area contributed by atoms with Crippen molar-refractivity contribution in [1.29, 1.82) is 0 Å². The molecule has 1 atom stereocenters. The topological polar surface area (TPSA) is 64.8 Å². The lowest BCUT2D eigenvalue weighted by Gasteiger charge is -2.27. The lowest BCUT2D eigenvalue weighted by molar-refractivity contribution is -0.136. The monoisotopic (exact) mass is 278 g/mol. The van der Waals surface area contributed by atoms with Crippen LogP contribution in [0.4, 0.5) is 0 Å². The van der Waals surface area contributed by atoms with Crippen LogP contribution in [0.5, 0.6) is 5.75 Å². The molecule has 1 saturated heterocycles. The second-order valence-electron chi connectivity index (χ2n) is 5.35. The highest BCUT2D eigenvalue weighted by molar-refractivity contribution is 5.86. The van der Waals surface area contributed by atoms with Crippen molar-refractivity contribution in [2.75, 3.05) is 33.4 Å². The maximum Gasteiger partial charge on any atom is 0.245 e. The Hall–Kier alpha value is -1.59. The van der Waals surface area contributed by atoms with Crippen LogP contribution in [0.2, 0.25) is 0 Å². The quantitative estimate of drug-likeness (QED) is 0.871. The molecule has 1 heterocycles. The van der Waals surface area contributed by atoms with Crippen LogP contribution in [0.25, 0.3) is 0 Å². The molecule has 1 aromatic carbocycles. The number of carbonyl (C=O) groups is 1. The van der Waals surface area contributed by atoms with Crippen LogP contribution in [0.3, 0.4) is 0 Å². The van der Waals surface area contributed by atoms with Crippen molar-refractivity contribution in [3.05, 3.63) is 29.8 Å². The average Bonchev–Trinajstić information content (AvgIpc) is 2.88. The molecule has 0 aliphatic carbocycles. The predicted octanol–water partition coefficient (Wildman–Crippen LogP) is 0.950. The third-order valence-electron chi connectivity index (χ3n) is 3.54. The maximum absolute atomic E-state index is 12.2. The first-order chi connectivity index (χ1) is 9.51. The molecule has 0 saturated carbocycles. The summed E-state index contributed by atoms with van der Waals surface area (Å²) in [6.45, 7) is 3.83. The van der Waals surface area contributed by atoms with Crippen LogP contribution in [-0.4, -0.2) is 49.8 Å². The fourth-order valence-electron chi connectivity index (χ4n) is 2.17. The van der Waals surface area contributed by atoms with Gasteiger partial charge in [0.25, 0.3) is 0 Å². The van der Waals surface area contributed by atoms with Gasteiger partial charge in [0.2, 0.25) is 5.91 Å². The molecule has 2 N–H and O–H groups in total. The molecule has 1 fully saturated rings. The van der Waals surface area contributed by atoms with E-state index in [0.717, 1.165) is 5.75 Å². The SMILES string of the molecule is Cc1ccc(OCCN(C)C(=O)C2(N)CCOC2)cc1. The van der Waals surface area contributed by atoms with E-state index in [1.54, 1.807) is 11.9 Å². The number of aryl methyl sites for hydroxylation is 1. The molecule has 1 amide bonds. The highest BCUT2D eigenvalue weighted by atomic mass is 16.5. The van der Waals surface area contributed by atoms with Crippen molar-refractivity contribution in [3.63, 3.8) is 0 Å². The van der Waals surface area contributed by atoms with Crippen LogP contribution in [0.15, 0.2) is 24.3 Å². The Labute approximate surface area is 119 Å². The molecule has 1 unspecified atom stereocenters. The molecule has 5 nitrogen and oxygen atoms in total. The summed E-state index contributed by atoms with van der Waals surface area (Å²) >= 11 is 0. The van der Waals surface area contributed by atoms with E-state index < -0.39 is 5.54 Å². The Morgan fingerprint density at radius 1 is 1.45 bits per heavy atom. The molecule has 0 aromatic heterocycles. The normalized spacial score (nSPS) is 21.8. The van der Waals surface area contributed by atoms with Crippen LogP contribution in [0, 0.1) is 6.92 Å². The largest absolute Gasteiger partial charge is 0.492 e.